The number of sulfonamides is 1. The number of piperidine rings is 1. The van der Waals surface area contributed by atoms with Crippen molar-refractivity contribution in [2.45, 2.75) is 48.7 Å². The number of nitrogens with zero attached hydrogens (tertiary/aromatic N) is 1. The fourth-order valence-corrected chi connectivity index (χ4v) is 5.86. The molecule has 2 atom stereocenters. The van der Waals surface area contributed by atoms with Crippen LogP contribution in [0.3, 0.4) is 0 Å². The molecule has 0 saturated carbocycles. The summed E-state index contributed by atoms with van der Waals surface area (Å²) in [5, 5.41) is 3.86. The monoisotopic (exact) mass is 348 g/mol. The van der Waals surface area contributed by atoms with E-state index in [0.29, 0.717) is 12.1 Å². The van der Waals surface area contributed by atoms with Crippen LogP contribution in [0.1, 0.15) is 25.7 Å². The zero-order valence-corrected chi connectivity index (χ0v) is 14.0. The Kier molecular flexibility index (Phi) is 4.23. The van der Waals surface area contributed by atoms with Crippen LogP contribution in [0.4, 0.5) is 0 Å². The van der Waals surface area contributed by atoms with Gasteiger partial charge in [-0.15, -0.1) is 0 Å². The molecule has 2 fully saturated rings. The third-order valence-electron chi connectivity index (χ3n) is 4.52. The summed E-state index contributed by atoms with van der Waals surface area (Å²) < 4.78 is 27.1. The van der Waals surface area contributed by atoms with E-state index in [1.54, 1.807) is 25.2 Å². The molecule has 2 unspecified atom stereocenters. The SMILES string of the molecule is CN(C1CC2CCC(C1)N2)S(=O)(=O)c1c(Cl)cccc1Cl. The Morgan fingerprint density at radius 1 is 1.14 bits per heavy atom. The molecule has 0 aliphatic carbocycles. The van der Waals surface area contributed by atoms with Crippen LogP contribution in [-0.2, 0) is 10.0 Å². The Morgan fingerprint density at radius 3 is 2.19 bits per heavy atom. The van der Waals surface area contributed by atoms with Gasteiger partial charge in [0.25, 0.3) is 0 Å². The maximum atomic E-state index is 12.8. The highest BCUT2D eigenvalue weighted by Gasteiger charge is 2.39. The molecule has 0 aromatic heterocycles. The van der Waals surface area contributed by atoms with E-state index in [1.807, 2.05) is 0 Å². The molecule has 2 heterocycles. The van der Waals surface area contributed by atoms with Crippen molar-refractivity contribution >= 4 is 33.2 Å². The van der Waals surface area contributed by atoms with E-state index in [2.05, 4.69) is 5.32 Å². The molecular weight excluding hydrogens is 331 g/mol. The summed E-state index contributed by atoms with van der Waals surface area (Å²) in [5.41, 5.74) is 0. The second-order valence-electron chi connectivity index (χ2n) is 5.84. The van der Waals surface area contributed by atoms with Gasteiger partial charge in [-0.05, 0) is 37.8 Å². The first kappa shape index (κ1) is 15.6. The molecule has 4 nitrogen and oxygen atoms in total. The summed E-state index contributed by atoms with van der Waals surface area (Å²) in [4.78, 5) is 0.0155. The maximum Gasteiger partial charge on any atom is 0.246 e. The minimum absolute atomic E-state index is 0.00101. The molecule has 0 spiro atoms. The summed E-state index contributed by atoms with van der Waals surface area (Å²) >= 11 is 12.1. The molecule has 2 aliphatic rings. The van der Waals surface area contributed by atoms with Gasteiger partial charge in [-0.25, -0.2) is 8.42 Å². The lowest BCUT2D eigenvalue weighted by Crippen LogP contribution is -2.48. The van der Waals surface area contributed by atoms with E-state index in [9.17, 15) is 8.42 Å². The fraction of sp³-hybridized carbons (Fsp3) is 0.571. The van der Waals surface area contributed by atoms with Crippen LogP contribution in [0.2, 0.25) is 10.0 Å². The molecule has 0 radical (unpaired) electrons. The topological polar surface area (TPSA) is 49.4 Å². The Bertz CT molecular complexity index is 618. The van der Waals surface area contributed by atoms with E-state index >= 15 is 0 Å². The molecule has 1 aromatic carbocycles. The van der Waals surface area contributed by atoms with E-state index in [1.165, 1.54) is 4.31 Å². The fourth-order valence-electron chi connectivity index (χ4n) is 3.39. The third kappa shape index (κ3) is 2.82. The maximum absolute atomic E-state index is 12.8. The van der Waals surface area contributed by atoms with Crippen LogP contribution in [-0.4, -0.2) is 37.9 Å². The van der Waals surface area contributed by atoms with Crippen molar-refractivity contribution in [3.8, 4) is 0 Å². The third-order valence-corrected chi connectivity index (χ3v) is 7.38. The van der Waals surface area contributed by atoms with Gasteiger partial charge in [0.05, 0.1) is 10.0 Å². The summed E-state index contributed by atoms with van der Waals surface area (Å²) in [5.74, 6) is 0. The lowest BCUT2D eigenvalue weighted by atomic mass is 10.0. The van der Waals surface area contributed by atoms with Gasteiger partial charge in [0.2, 0.25) is 10.0 Å². The van der Waals surface area contributed by atoms with E-state index in [0.717, 1.165) is 25.7 Å². The number of rotatable bonds is 3. The van der Waals surface area contributed by atoms with Gasteiger partial charge in [0.1, 0.15) is 4.90 Å². The van der Waals surface area contributed by atoms with Crippen molar-refractivity contribution in [2.24, 2.45) is 0 Å². The molecule has 7 heteroatoms. The smallest absolute Gasteiger partial charge is 0.246 e. The van der Waals surface area contributed by atoms with Gasteiger partial charge in [-0.2, -0.15) is 4.31 Å². The van der Waals surface area contributed by atoms with Crippen LogP contribution in [0, 0.1) is 0 Å². The van der Waals surface area contributed by atoms with E-state index < -0.39 is 10.0 Å². The summed E-state index contributed by atoms with van der Waals surface area (Å²) in [7, 11) is -2.05. The minimum Gasteiger partial charge on any atom is -0.311 e. The largest absolute Gasteiger partial charge is 0.311 e. The molecule has 21 heavy (non-hydrogen) atoms. The molecule has 2 bridgehead atoms. The predicted molar refractivity (Wildman–Crippen MR) is 84.4 cm³/mol. The highest BCUT2D eigenvalue weighted by atomic mass is 35.5. The average molecular weight is 349 g/mol. The summed E-state index contributed by atoms with van der Waals surface area (Å²) in [6, 6.07) is 5.61. The number of hydrogen-bond donors (Lipinski definition) is 1. The lowest BCUT2D eigenvalue weighted by Gasteiger charge is -2.35. The van der Waals surface area contributed by atoms with E-state index in [4.69, 9.17) is 23.2 Å². The van der Waals surface area contributed by atoms with Gasteiger partial charge < -0.3 is 5.32 Å². The molecule has 0 amide bonds. The normalized spacial score (nSPS) is 29.0. The first-order valence-corrected chi connectivity index (χ1v) is 9.27. The summed E-state index contributed by atoms with van der Waals surface area (Å²) in [6.07, 6.45) is 3.94. The van der Waals surface area contributed by atoms with Gasteiger partial charge in [0.15, 0.2) is 0 Å². The highest BCUT2D eigenvalue weighted by Crippen LogP contribution is 2.35. The van der Waals surface area contributed by atoms with E-state index in [-0.39, 0.29) is 21.0 Å². The van der Waals surface area contributed by atoms with Crippen molar-refractivity contribution in [3.63, 3.8) is 0 Å². The average Bonchev–Trinajstić information content (AvgIpc) is 2.76. The van der Waals surface area contributed by atoms with Crippen LogP contribution in [0.5, 0.6) is 0 Å². The van der Waals surface area contributed by atoms with Crippen molar-refractivity contribution in [2.75, 3.05) is 7.05 Å². The number of nitrogens with one attached hydrogen (secondary N) is 1. The molecule has 1 aromatic rings. The van der Waals surface area contributed by atoms with Gasteiger partial charge in [0, 0.05) is 25.2 Å². The summed E-state index contributed by atoms with van der Waals surface area (Å²) in [6.45, 7) is 0. The second-order valence-corrected chi connectivity index (χ2v) is 8.58. The van der Waals surface area contributed by atoms with Crippen molar-refractivity contribution in [3.05, 3.63) is 28.2 Å². The van der Waals surface area contributed by atoms with Crippen molar-refractivity contribution in [1.82, 2.24) is 9.62 Å². The first-order valence-electron chi connectivity index (χ1n) is 7.07. The quantitative estimate of drug-likeness (QED) is 0.913. The second kappa shape index (κ2) is 5.70. The number of halogens is 2. The highest BCUT2D eigenvalue weighted by molar-refractivity contribution is 7.89. The molecule has 116 valence electrons. The van der Waals surface area contributed by atoms with Crippen molar-refractivity contribution in [1.29, 1.82) is 0 Å². The van der Waals surface area contributed by atoms with Crippen LogP contribution >= 0.6 is 23.2 Å². The number of hydrogen-bond acceptors (Lipinski definition) is 3. The number of fused-ring (bicyclic) bond motifs is 2. The van der Waals surface area contributed by atoms with Crippen molar-refractivity contribution < 1.29 is 8.42 Å². The lowest BCUT2D eigenvalue weighted by molar-refractivity contribution is 0.251. The molecular formula is C14H18Cl2N2O2S. The van der Waals surface area contributed by atoms with Gasteiger partial charge >= 0.3 is 0 Å². The molecule has 2 saturated heterocycles. The van der Waals surface area contributed by atoms with Crippen LogP contribution in [0.25, 0.3) is 0 Å². The van der Waals surface area contributed by atoms with Crippen LogP contribution < -0.4 is 5.32 Å². The molecule has 2 aliphatic heterocycles. The predicted octanol–water partition coefficient (Wildman–Crippen LogP) is 2.90. The molecule has 1 N–H and O–H groups in total. The van der Waals surface area contributed by atoms with Gasteiger partial charge in [-0.1, -0.05) is 29.3 Å². The Balaban J connectivity index is 1.91. The number of benzene rings is 1. The Hall–Kier alpha value is -0.330. The minimum atomic E-state index is -3.68. The van der Waals surface area contributed by atoms with Gasteiger partial charge in [-0.3, -0.25) is 0 Å². The standard InChI is InChI=1S/C14H18Cl2N2O2S/c1-18(11-7-9-5-6-10(8-11)17-9)21(19,20)14-12(15)3-2-4-13(14)16/h2-4,9-11,17H,5-8H2,1H3. The molecule has 3 rings (SSSR count). The zero-order valence-electron chi connectivity index (χ0n) is 11.7. The van der Waals surface area contributed by atoms with Crippen LogP contribution in [0.15, 0.2) is 23.1 Å². The Labute approximate surface area is 135 Å². The zero-order chi connectivity index (χ0) is 15.2. The first-order chi connectivity index (χ1) is 9.89. The Morgan fingerprint density at radius 2 is 1.67 bits per heavy atom.